The fraction of sp³-hybridized carbons (Fsp3) is 0.611. The van der Waals surface area contributed by atoms with Gasteiger partial charge in [-0.2, -0.15) is 13.2 Å². The van der Waals surface area contributed by atoms with Gasteiger partial charge in [0.1, 0.15) is 5.75 Å². The molecule has 3 rings (SSSR count). The van der Waals surface area contributed by atoms with Crippen LogP contribution in [-0.2, 0) is 11.0 Å². The largest absolute Gasteiger partial charge is 0.480 e. The monoisotopic (exact) mass is 392 g/mol. The summed E-state index contributed by atoms with van der Waals surface area (Å²) in [4.78, 5) is 14.3. The van der Waals surface area contributed by atoms with Gasteiger partial charge in [0.25, 0.3) is 5.91 Å². The number of amides is 1. The Bertz CT molecular complexity index is 629. The second-order valence-corrected chi connectivity index (χ2v) is 6.97. The number of alkyl halides is 3. The zero-order valence-corrected chi connectivity index (χ0v) is 15.6. The summed E-state index contributed by atoms with van der Waals surface area (Å²) in [5.41, 5.74) is -0.864. The molecule has 3 unspecified atom stereocenters. The molecule has 2 fully saturated rings. The van der Waals surface area contributed by atoms with Gasteiger partial charge in [-0.1, -0.05) is 12.1 Å². The zero-order valence-electron chi connectivity index (χ0n) is 14.8. The summed E-state index contributed by atoms with van der Waals surface area (Å²) in [5.74, 6) is -0.599. The van der Waals surface area contributed by atoms with Crippen molar-refractivity contribution in [3.63, 3.8) is 0 Å². The van der Waals surface area contributed by atoms with E-state index in [1.165, 1.54) is 25.1 Å². The molecule has 2 aliphatic rings. The Morgan fingerprint density at radius 2 is 1.81 bits per heavy atom. The lowest BCUT2D eigenvalue weighted by Crippen LogP contribution is -2.51. The average molecular weight is 393 g/mol. The smallest absolute Gasteiger partial charge is 0.419 e. The van der Waals surface area contributed by atoms with Crippen LogP contribution in [0.3, 0.4) is 0 Å². The topological polar surface area (TPSA) is 41.6 Å². The van der Waals surface area contributed by atoms with E-state index in [0.717, 1.165) is 31.7 Å². The Balaban J connectivity index is 0.00000243. The normalized spacial score (nSPS) is 26.0. The molecule has 146 valence electrons. The Kier molecular flexibility index (Phi) is 6.45. The van der Waals surface area contributed by atoms with E-state index >= 15 is 0 Å². The van der Waals surface area contributed by atoms with Crippen LogP contribution in [0.2, 0.25) is 0 Å². The first kappa shape index (κ1) is 20.8. The fourth-order valence-corrected chi connectivity index (χ4v) is 3.85. The maximum Gasteiger partial charge on any atom is 0.419 e. The number of hydrogen-bond acceptors (Lipinski definition) is 3. The first-order valence-corrected chi connectivity index (χ1v) is 8.61. The number of nitrogens with zero attached hydrogens (tertiary/aromatic N) is 1. The number of nitrogens with one attached hydrogen (secondary N) is 1. The summed E-state index contributed by atoms with van der Waals surface area (Å²) < 4.78 is 44.6. The van der Waals surface area contributed by atoms with Crippen LogP contribution >= 0.6 is 12.4 Å². The maximum atomic E-state index is 13.1. The van der Waals surface area contributed by atoms with E-state index in [1.54, 1.807) is 11.9 Å². The molecule has 0 aromatic heterocycles. The maximum absolute atomic E-state index is 13.1. The number of rotatable bonds is 4. The van der Waals surface area contributed by atoms with Crippen LogP contribution in [0.1, 0.15) is 38.2 Å². The number of para-hydroxylation sites is 1. The van der Waals surface area contributed by atoms with Crippen molar-refractivity contribution in [2.75, 3.05) is 7.05 Å². The first-order chi connectivity index (χ1) is 11.8. The van der Waals surface area contributed by atoms with Crippen LogP contribution in [0.4, 0.5) is 13.2 Å². The number of likely N-dealkylation sites (N-methyl/N-ethyl adjacent to an activating group) is 1. The third kappa shape index (κ3) is 4.43. The molecule has 2 bridgehead atoms. The number of carbonyl (C=O) groups is 1. The minimum absolute atomic E-state index is 0. The number of halogens is 4. The van der Waals surface area contributed by atoms with Crippen molar-refractivity contribution in [2.24, 2.45) is 0 Å². The first-order valence-electron chi connectivity index (χ1n) is 8.61. The fourth-order valence-electron chi connectivity index (χ4n) is 3.85. The molecule has 1 aromatic rings. The molecule has 2 aliphatic heterocycles. The summed E-state index contributed by atoms with van der Waals surface area (Å²) >= 11 is 0. The zero-order chi connectivity index (χ0) is 18.2. The summed E-state index contributed by atoms with van der Waals surface area (Å²) in [6, 6.07) is 5.95. The molecule has 0 saturated carbocycles. The quantitative estimate of drug-likeness (QED) is 0.850. The van der Waals surface area contributed by atoms with Gasteiger partial charge in [0, 0.05) is 25.2 Å². The van der Waals surface area contributed by atoms with Gasteiger partial charge in [-0.3, -0.25) is 4.79 Å². The van der Waals surface area contributed by atoms with E-state index in [-0.39, 0.29) is 30.1 Å². The number of ether oxygens (including phenoxy) is 1. The number of hydrogen-bond donors (Lipinski definition) is 1. The van der Waals surface area contributed by atoms with Crippen molar-refractivity contribution in [3.8, 4) is 5.75 Å². The van der Waals surface area contributed by atoms with Gasteiger partial charge in [0.15, 0.2) is 6.10 Å². The second-order valence-electron chi connectivity index (χ2n) is 6.97. The number of benzene rings is 1. The number of carbonyl (C=O) groups excluding carboxylic acids is 1. The average Bonchev–Trinajstić information content (AvgIpc) is 2.91. The van der Waals surface area contributed by atoms with Crippen LogP contribution in [0, 0.1) is 0 Å². The van der Waals surface area contributed by atoms with Crippen molar-refractivity contribution in [3.05, 3.63) is 29.8 Å². The summed E-state index contributed by atoms with van der Waals surface area (Å²) in [6.07, 6.45) is -1.49. The predicted molar refractivity (Wildman–Crippen MR) is 94.5 cm³/mol. The highest BCUT2D eigenvalue weighted by Gasteiger charge is 2.38. The molecule has 1 aromatic carbocycles. The van der Waals surface area contributed by atoms with Gasteiger partial charge in [-0.05, 0) is 44.7 Å². The standard InChI is InChI=1S/C18H23F3N2O2.ClH/c1-11(25-16-6-4-3-5-15(16)18(19,20)21)17(24)23(2)14-9-12-7-8-13(10-14)22-12;/h3-6,11-14,22H,7-10H2,1-2H3;1H. The molecule has 3 atom stereocenters. The molecule has 1 N–H and O–H groups in total. The van der Waals surface area contributed by atoms with Crippen molar-refractivity contribution in [2.45, 2.75) is 63.0 Å². The Labute approximate surface area is 157 Å². The minimum atomic E-state index is -4.51. The van der Waals surface area contributed by atoms with E-state index in [9.17, 15) is 18.0 Å². The van der Waals surface area contributed by atoms with Crippen molar-refractivity contribution in [1.82, 2.24) is 10.2 Å². The van der Waals surface area contributed by atoms with Crippen molar-refractivity contribution in [1.29, 1.82) is 0 Å². The second kappa shape index (κ2) is 8.05. The number of piperidine rings is 1. The van der Waals surface area contributed by atoms with Crippen molar-refractivity contribution < 1.29 is 22.7 Å². The molecular formula is C18H24ClF3N2O2. The minimum Gasteiger partial charge on any atom is -0.480 e. The Morgan fingerprint density at radius 3 is 2.38 bits per heavy atom. The van der Waals surface area contributed by atoms with Gasteiger partial charge in [0.2, 0.25) is 0 Å². The molecule has 0 spiro atoms. The number of fused-ring (bicyclic) bond motifs is 2. The molecule has 2 heterocycles. The van der Waals surface area contributed by atoms with Crippen LogP contribution < -0.4 is 10.1 Å². The van der Waals surface area contributed by atoms with E-state index in [4.69, 9.17) is 4.74 Å². The molecule has 1 amide bonds. The van der Waals surface area contributed by atoms with Gasteiger partial charge >= 0.3 is 6.18 Å². The Morgan fingerprint density at radius 1 is 1.23 bits per heavy atom. The third-order valence-electron chi connectivity index (χ3n) is 5.19. The molecule has 26 heavy (non-hydrogen) atoms. The van der Waals surface area contributed by atoms with E-state index < -0.39 is 17.8 Å². The van der Waals surface area contributed by atoms with Crippen molar-refractivity contribution >= 4 is 18.3 Å². The van der Waals surface area contributed by atoms with E-state index in [1.807, 2.05) is 0 Å². The summed E-state index contributed by atoms with van der Waals surface area (Å²) in [5, 5.41) is 3.51. The van der Waals surface area contributed by atoms with E-state index in [0.29, 0.717) is 12.1 Å². The van der Waals surface area contributed by atoms with Crippen LogP contribution in [-0.4, -0.2) is 42.1 Å². The summed E-state index contributed by atoms with van der Waals surface area (Å²) in [7, 11) is 1.72. The molecule has 4 nitrogen and oxygen atoms in total. The van der Waals surface area contributed by atoms with Crippen LogP contribution in [0.5, 0.6) is 5.75 Å². The molecule has 0 radical (unpaired) electrons. The predicted octanol–water partition coefficient (Wildman–Crippen LogP) is 3.64. The SMILES string of the molecule is CC(Oc1ccccc1C(F)(F)F)C(=O)N(C)C1CC2CCC(C1)N2.Cl. The molecule has 0 aliphatic carbocycles. The third-order valence-corrected chi connectivity index (χ3v) is 5.19. The highest BCUT2D eigenvalue weighted by molar-refractivity contribution is 5.85. The molecule has 2 saturated heterocycles. The molecular weight excluding hydrogens is 369 g/mol. The van der Waals surface area contributed by atoms with Gasteiger partial charge in [0.05, 0.1) is 5.56 Å². The van der Waals surface area contributed by atoms with Gasteiger partial charge in [-0.15, -0.1) is 12.4 Å². The van der Waals surface area contributed by atoms with Gasteiger partial charge < -0.3 is 15.0 Å². The lowest BCUT2D eigenvalue weighted by molar-refractivity contribution is -0.144. The van der Waals surface area contributed by atoms with Crippen LogP contribution in [0.25, 0.3) is 0 Å². The van der Waals surface area contributed by atoms with E-state index in [2.05, 4.69) is 5.32 Å². The summed E-state index contributed by atoms with van der Waals surface area (Å²) in [6.45, 7) is 1.50. The lowest BCUT2D eigenvalue weighted by Gasteiger charge is -2.36. The van der Waals surface area contributed by atoms with Crippen LogP contribution in [0.15, 0.2) is 24.3 Å². The molecule has 8 heteroatoms. The highest BCUT2D eigenvalue weighted by atomic mass is 35.5. The lowest BCUT2D eigenvalue weighted by atomic mass is 9.98. The highest BCUT2D eigenvalue weighted by Crippen LogP contribution is 2.36. The Hall–Kier alpha value is -1.47. The van der Waals surface area contributed by atoms with Gasteiger partial charge in [-0.25, -0.2) is 0 Å².